The van der Waals surface area contributed by atoms with E-state index >= 15 is 0 Å². The molecule has 1 aromatic heterocycles. The Morgan fingerprint density at radius 3 is 2.57 bits per heavy atom. The minimum atomic E-state index is 0.185. The first kappa shape index (κ1) is 20.4. The lowest BCUT2D eigenvalue weighted by Gasteiger charge is -2.28. The quantitative estimate of drug-likeness (QED) is 0.688. The largest absolute Gasteiger partial charge is 0.378 e. The summed E-state index contributed by atoms with van der Waals surface area (Å²) in [5, 5.41) is 4.40. The molecule has 0 saturated carbocycles. The summed E-state index contributed by atoms with van der Waals surface area (Å²) in [5.74, 6) is 1.28. The van der Waals surface area contributed by atoms with Crippen molar-refractivity contribution >= 4 is 11.8 Å². The van der Waals surface area contributed by atoms with Crippen LogP contribution in [0.25, 0.3) is 11.3 Å². The van der Waals surface area contributed by atoms with E-state index in [0.717, 1.165) is 48.8 Å². The molecule has 1 aliphatic rings. The van der Waals surface area contributed by atoms with E-state index in [1.54, 1.807) is 0 Å². The van der Waals surface area contributed by atoms with Crippen LogP contribution in [0.1, 0.15) is 39.2 Å². The van der Waals surface area contributed by atoms with Gasteiger partial charge >= 0.3 is 0 Å². The van der Waals surface area contributed by atoms with Crippen LogP contribution >= 0.6 is 0 Å². The van der Waals surface area contributed by atoms with Crippen molar-refractivity contribution in [3.63, 3.8) is 0 Å². The number of benzene rings is 1. The van der Waals surface area contributed by atoms with Gasteiger partial charge in [0.05, 0.1) is 25.3 Å². The van der Waals surface area contributed by atoms with Crippen LogP contribution in [0.15, 0.2) is 34.9 Å². The number of carbonyl (C=O) groups excluding carboxylic acids is 1. The lowest BCUT2D eigenvalue weighted by Crippen LogP contribution is -2.37. The Morgan fingerprint density at radius 1 is 1.21 bits per heavy atom. The van der Waals surface area contributed by atoms with Crippen LogP contribution in [-0.2, 0) is 16.1 Å². The van der Waals surface area contributed by atoms with Gasteiger partial charge < -0.3 is 19.1 Å². The highest BCUT2D eigenvalue weighted by atomic mass is 16.5. The van der Waals surface area contributed by atoms with Crippen molar-refractivity contribution in [1.82, 2.24) is 10.1 Å². The Labute approximate surface area is 167 Å². The number of rotatable bonds is 8. The Morgan fingerprint density at radius 2 is 1.93 bits per heavy atom. The van der Waals surface area contributed by atoms with E-state index in [-0.39, 0.29) is 5.91 Å². The van der Waals surface area contributed by atoms with Gasteiger partial charge in [-0.05, 0) is 12.3 Å². The molecule has 1 aromatic carbocycles. The van der Waals surface area contributed by atoms with Crippen molar-refractivity contribution in [3.05, 3.63) is 35.9 Å². The summed E-state index contributed by atoms with van der Waals surface area (Å²) >= 11 is 0. The summed E-state index contributed by atoms with van der Waals surface area (Å²) in [5.41, 5.74) is 2.81. The summed E-state index contributed by atoms with van der Waals surface area (Å²) in [6.07, 6.45) is 1.47. The first-order valence-corrected chi connectivity index (χ1v) is 10.2. The normalized spacial score (nSPS) is 14.5. The molecule has 6 nitrogen and oxygen atoms in total. The summed E-state index contributed by atoms with van der Waals surface area (Å²) < 4.78 is 11.3. The Bertz CT molecular complexity index is 752. The molecule has 0 aliphatic carbocycles. The Balaban J connectivity index is 1.95. The highest BCUT2D eigenvalue weighted by molar-refractivity contribution is 5.77. The van der Waals surface area contributed by atoms with Gasteiger partial charge in [-0.15, -0.1) is 0 Å². The lowest BCUT2D eigenvalue weighted by atomic mass is 10.1. The number of anilines is 1. The van der Waals surface area contributed by atoms with Crippen LogP contribution < -0.4 is 4.90 Å². The molecule has 1 saturated heterocycles. The fourth-order valence-corrected chi connectivity index (χ4v) is 3.51. The van der Waals surface area contributed by atoms with Crippen LogP contribution in [-0.4, -0.2) is 48.8 Å². The number of morpholine rings is 1. The van der Waals surface area contributed by atoms with Gasteiger partial charge in [-0.1, -0.05) is 56.3 Å². The van der Waals surface area contributed by atoms with Crippen molar-refractivity contribution in [2.24, 2.45) is 5.92 Å². The molecule has 0 spiro atoms. The van der Waals surface area contributed by atoms with E-state index < -0.39 is 0 Å². The summed E-state index contributed by atoms with van der Waals surface area (Å²) in [4.78, 5) is 17.0. The highest BCUT2D eigenvalue weighted by Gasteiger charge is 2.27. The molecular weight excluding hydrogens is 354 g/mol. The van der Waals surface area contributed by atoms with Gasteiger partial charge in [-0.25, -0.2) is 0 Å². The minimum absolute atomic E-state index is 0.185. The van der Waals surface area contributed by atoms with E-state index in [4.69, 9.17) is 9.26 Å². The number of nitrogens with zero attached hydrogens (tertiary/aromatic N) is 3. The van der Waals surface area contributed by atoms with Gasteiger partial charge in [-0.2, -0.15) is 0 Å². The minimum Gasteiger partial charge on any atom is -0.378 e. The third-order valence-corrected chi connectivity index (χ3v) is 4.89. The molecule has 1 amide bonds. The third-order valence-electron chi connectivity index (χ3n) is 4.89. The van der Waals surface area contributed by atoms with Gasteiger partial charge in [0.1, 0.15) is 5.69 Å². The molecule has 1 aliphatic heterocycles. The molecule has 6 heteroatoms. The summed E-state index contributed by atoms with van der Waals surface area (Å²) in [6.45, 7) is 10.4. The van der Waals surface area contributed by atoms with Gasteiger partial charge in [0, 0.05) is 31.6 Å². The maximum absolute atomic E-state index is 12.8. The van der Waals surface area contributed by atoms with Crippen molar-refractivity contribution in [1.29, 1.82) is 0 Å². The molecule has 0 atom stereocenters. The Hall–Kier alpha value is -2.34. The number of ether oxygens (including phenoxy) is 1. The van der Waals surface area contributed by atoms with E-state index in [1.807, 2.05) is 35.2 Å². The van der Waals surface area contributed by atoms with Crippen LogP contribution in [0.3, 0.4) is 0 Å². The second-order valence-electron chi connectivity index (χ2n) is 7.69. The summed E-state index contributed by atoms with van der Waals surface area (Å²) in [6, 6.07) is 10.0. The molecule has 2 aromatic rings. The molecule has 1 fully saturated rings. The first-order valence-electron chi connectivity index (χ1n) is 10.2. The molecule has 3 rings (SSSR count). The van der Waals surface area contributed by atoms with Gasteiger partial charge in [0.15, 0.2) is 0 Å². The van der Waals surface area contributed by atoms with Crippen LogP contribution in [0, 0.1) is 5.92 Å². The van der Waals surface area contributed by atoms with E-state index in [9.17, 15) is 4.79 Å². The average Bonchev–Trinajstić information content (AvgIpc) is 3.12. The standard InChI is InChI=1S/C22H31N3O3/c1-4-10-25(20(26)15-17(2)3)16-19-21(18-8-6-5-7-9-18)23-28-22(19)24-11-13-27-14-12-24/h5-9,17H,4,10-16H2,1-3H3. The van der Waals surface area contributed by atoms with E-state index in [0.29, 0.717) is 32.1 Å². The van der Waals surface area contributed by atoms with Crippen molar-refractivity contribution < 1.29 is 14.1 Å². The first-order chi connectivity index (χ1) is 13.6. The molecular formula is C22H31N3O3. The molecule has 0 N–H and O–H groups in total. The number of amides is 1. The van der Waals surface area contributed by atoms with Crippen LogP contribution in [0.5, 0.6) is 0 Å². The fraction of sp³-hybridized carbons (Fsp3) is 0.545. The molecule has 0 unspecified atom stereocenters. The van der Waals surface area contributed by atoms with Crippen molar-refractivity contribution in [2.45, 2.75) is 40.2 Å². The topological polar surface area (TPSA) is 58.8 Å². The predicted molar refractivity (Wildman–Crippen MR) is 110 cm³/mol. The second kappa shape index (κ2) is 9.73. The average molecular weight is 386 g/mol. The maximum atomic E-state index is 12.8. The molecule has 152 valence electrons. The van der Waals surface area contributed by atoms with E-state index in [1.165, 1.54) is 0 Å². The highest BCUT2D eigenvalue weighted by Crippen LogP contribution is 2.33. The zero-order valence-electron chi connectivity index (χ0n) is 17.2. The number of hydrogen-bond donors (Lipinski definition) is 0. The molecule has 0 radical (unpaired) electrons. The summed E-state index contributed by atoms with van der Waals surface area (Å²) in [7, 11) is 0. The van der Waals surface area contributed by atoms with Crippen molar-refractivity contribution in [2.75, 3.05) is 37.7 Å². The SMILES string of the molecule is CCCN(Cc1c(-c2ccccc2)noc1N1CCOCC1)C(=O)CC(C)C. The molecule has 28 heavy (non-hydrogen) atoms. The number of hydrogen-bond acceptors (Lipinski definition) is 5. The van der Waals surface area contributed by atoms with Gasteiger partial charge in [-0.3, -0.25) is 4.79 Å². The van der Waals surface area contributed by atoms with Gasteiger partial charge in [0.25, 0.3) is 0 Å². The van der Waals surface area contributed by atoms with Gasteiger partial charge in [0.2, 0.25) is 11.8 Å². The zero-order valence-corrected chi connectivity index (χ0v) is 17.2. The van der Waals surface area contributed by atoms with Crippen LogP contribution in [0.2, 0.25) is 0 Å². The predicted octanol–water partition coefficient (Wildman–Crippen LogP) is 3.96. The number of aromatic nitrogens is 1. The monoisotopic (exact) mass is 385 g/mol. The second-order valence-corrected chi connectivity index (χ2v) is 7.69. The van der Waals surface area contributed by atoms with Crippen LogP contribution in [0.4, 0.5) is 5.88 Å². The fourth-order valence-electron chi connectivity index (χ4n) is 3.51. The Kier molecular flexibility index (Phi) is 7.09. The lowest BCUT2D eigenvalue weighted by molar-refractivity contribution is -0.132. The smallest absolute Gasteiger partial charge is 0.233 e. The number of carbonyl (C=O) groups is 1. The third kappa shape index (κ3) is 4.93. The van der Waals surface area contributed by atoms with Crippen molar-refractivity contribution in [3.8, 4) is 11.3 Å². The molecule has 2 heterocycles. The van der Waals surface area contributed by atoms with E-state index in [2.05, 4.69) is 30.8 Å². The zero-order chi connectivity index (χ0) is 19.9. The molecule has 0 bridgehead atoms. The maximum Gasteiger partial charge on any atom is 0.233 e.